The number of nitrogens with zero attached hydrogens (tertiary/aromatic N) is 2. The Morgan fingerprint density at radius 3 is 2.42 bits per heavy atom. The molecule has 0 aromatic heterocycles. The molecule has 2 aromatic rings. The van der Waals surface area contributed by atoms with E-state index in [0.29, 0.717) is 48.9 Å². The lowest BCUT2D eigenvalue weighted by Crippen LogP contribution is -2.43. The molecule has 164 valence electrons. The second-order valence-corrected chi connectivity index (χ2v) is 8.08. The topological polar surface area (TPSA) is 81.8 Å². The van der Waals surface area contributed by atoms with E-state index in [0.717, 1.165) is 11.1 Å². The number of hydrogen-bond donors (Lipinski definition) is 2. The Kier molecular flexibility index (Phi) is 7.52. The maximum absolute atomic E-state index is 12.6. The molecule has 0 saturated carbocycles. The summed E-state index contributed by atoms with van der Waals surface area (Å²) in [4.78, 5) is 40.9. The highest BCUT2D eigenvalue weighted by atomic mass is 35.5. The van der Waals surface area contributed by atoms with Gasteiger partial charge in [-0.1, -0.05) is 23.7 Å². The van der Waals surface area contributed by atoms with Crippen LogP contribution in [0.5, 0.6) is 0 Å². The van der Waals surface area contributed by atoms with Gasteiger partial charge in [0.15, 0.2) is 0 Å². The number of rotatable bonds is 4. The molecule has 2 N–H and O–H groups in total. The molecule has 1 aliphatic rings. The second-order valence-electron chi connectivity index (χ2n) is 7.64. The lowest BCUT2D eigenvalue weighted by atomic mass is 10.1. The first kappa shape index (κ1) is 22.6. The quantitative estimate of drug-likeness (QED) is 0.760. The van der Waals surface area contributed by atoms with E-state index in [1.54, 1.807) is 40.1 Å². The number of halogens is 1. The fraction of sp³-hybridized carbons (Fsp3) is 0.348. The molecule has 1 aliphatic heterocycles. The molecule has 0 aliphatic carbocycles. The summed E-state index contributed by atoms with van der Waals surface area (Å²) in [6.07, 6.45) is 0.666. The van der Waals surface area contributed by atoms with Crippen LogP contribution < -0.4 is 10.6 Å². The third-order valence-corrected chi connectivity index (χ3v) is 5.62. The Balaban J connectivity index is 1.49. The van der Waals surface area contributed by atoms with Crippen LogP contribution in [-0.4, -0.2) is 60.4 Å². The maximum Gasteiger partial charge on any atom is 0.321 e. The Morgan fingerprint density at radius 2 is 1.68 bits per heavy atom. The largest absolute Gasteiger partial charge is 0.343 e. The maximum atomic E-state index is 12.6. The van der Waals surface area contributed by atoms with E-state index in [4.69, 9.17) is 11.6 Å². The van der Waals surface area contributed by atoms with Crippen molar-refractivity contribution in [1.82, 2.24) is 15.1 Å². The van der Waals surface area contributed by atoms with Crippen molar-refractivity contribution in [2.75, 3.05) is 38.0 Å². The highest BCUT2D eigenvalue weighted by Gasteiger charge is 2.22. The number of anilines is 1. The van der Waals surface area contributed by atoms with Gasteiger partial charge in [0.1, 0.15) is 0 Å². The number of carbonyl (C=O) groups is 3. The van der Waals surface area contributed by atoms with Gasteiger partial charge in [0.2, 0.25) is 5.91 Å². The zero-order valence-corrected chi connectivity index (χ0v) is 18.5. The number of nitrogens with one attached hydrogen (secondary N) is 2. The monoisotopic (exact) mass is 442 g/mol. The van der Waals surface area contributed by atoms with Crippen molar-refractivity contribution >= 4 is 35.1 Å². The van der Waals surface area contributed by atoms with Crippen LogP contribution in [-0.2, 0) is 4.79 Å². The fourth-order valence-electron chi connectivity index (χ4n) is 3.39. The zero-order valence-electron chi connectivity index (χ0n) is 17.8. The number of amides is 4. The van der Waals surface area contributed by atoms with E-state index in [9.17, 15) is 14.4 Å². The molecule has 1 saturated heterocycles. The molecule has 7 nitrogen and oxygen atoms in total. The van der Waals surface area contributed by atoms with E-state index in [-0.39, 0.29) is 24.4 Å². The van der Waals surface area contributed by atoms with Gasteiger partial charge in [0, 0.05) is 42.5 Å². The molecule has 8 heteroatoms. The van der Waals surface area contributed by atoms with Crippen LogP contribution in [0.25, 0.3) is 0 Å². The van der Waals surface area contributed by atoms with Gasteiger partial charge in [0.05, 0.1) is 6.54 Å². The molecule has 0 atom stereocenters. The molecule has 4 amide bonds. The predicted molar refractivity (Wildman–Crippen MR) is 121 cm³/mol. The third-order valence-electron chi connectivity index (χ3n) is 5.38. The minimum absolute atomic E-state index is 0.0690. The number of benzene rings is 2. The van der Waals surface area contributed by atoms with E-state index < -0.39 is 0 Å². The predicted octanol–water partition coefficient (Wildman–Crippen LogP) is 3.45. The highest BCUT2D eigenvalue weighted by molar-refractivity contribution is 6.30. The van der Waals surface area contributed by atoms with Gasteiger partial charge in [-0.05, 0) is 61.7 Å². The number of carbonyl (C=O) groups excluding carboxylic acids is 3. The van der Waals surface area contributed by atoms with Crippen molar-refractivity contribution in [3.63, 3.8) is 0 Å². The van der Waals surface area contributed by atoms with Crippen LogP contribution in [0.15, 0.2) is 42.5 Å². The second kappa shape index (κ2) is 10.3. The van der Waals surface area contributed by atoms with E-state index in [2.05, 4.69) is 10.6 Å². The molecule has 1 fully saturated rings. The number of hydrogen-bond acceptors (Lipinski definition) is 3. The normalized spacial score (nSPS) is 14.0. The van der Waals surface area contributed by atoms with Crippen molar-refractivity contribution in [1.29, 1.82) is 0 Å². The minimum Gasteiger partial charge on any atom is -0.343 e. The van der Waals surface area contributed by atoms with E-state index >= 15 is 0 Å². The average molecular weight is 443 g/mol. The Bertz CT molecular complexity index is 979. The Hall–Kier alpha value is -3.06. The third kappa shape index (κ3) is 6.21. The molecule has 0 unspecified atom stereocenters. The van der Waals surface area contributed by atoms with Gasteiger partial charge in [-0.15, -0.1) is 0 Å². The SMILES string of the molecule is Cc1ccc(C(=O)NCC(=O)N2CCCN(C(=O)Nc3cccc(Cl)c3)CC2)cc1C. The summed E-state index contributed by atoms with van der Waals surface area (Å²) in [6, 6.07) is 12.2. The lowest BCUT2D eigenvalue weighted by molar-refractivity contribution is -0.129. The van der Waals surface area contributed by atoms with E-state index in [1.807, 2.05) is 26.0 Å². The first-order valence-electron chi connectivity index (χ1n) is 10.3. The molecule has 0 spiro atoms. The van der Waals surface area contributed by atoms with Gasteiger partial charge in [-0.2, -0.15) is 0 Å². The minimum atomic E-state index is -0.270. The molecule has 1 heterocycles. The van der Waals surface area contributed by atoms with Crippen LogP contribution in [0.4, 0.5) is 10.5 Å². The van der Waals surface area contributed by atoms with Crippen LogP contribution >= 0.6 is 11.6 Å². The molecule has 2 aromatic carbocycles. The summed E-state index contributed by atoms with van der Waals surface area (Å²) in [6.45, 7) is 5.79. The molecule has 0 radical (unpaired) electrons. The summed E-state index contributed by atoms with van der Waals surface area (Å²) in [7, 11) is 0. The number of urea groups is 1. The summed E-state index contributed by atoms with van der Waals surface area (Å²) in [5, 5.41) is 6.08. The van der Waals surface area contributed by atoms with Crippen LogP contribution in [0, 0.1) is 13.8 Å². The number of aryl methyl sites for hydroxylation is 2. The van der Waals surface area contributed by atoms with Gasteiger partial charge in [-0.3, -0.25) is 9.59 Å². The standard InChI is InChI=1S/C23H27ClN4O3/c1-16-7-8-18(13-17(16)2)22(30)25-15-21(29)27-9-4-10-28(12-11-27)23(31)26-20-6-3-5-19(24)14-20/h3,5-8,13-14H,4,9-12,15H2,1-2H3,(H,25,30)(H,26,31). The summed E-state index contributed by atoms with van der Waals surface area (Å²) >= 11 is 5.96. The molecular formula is C23H27ClN4O3. The fourth-order valence-corrected chi connectivity index (χ4v) is 3.58. The lowest BCUT2D eigenvalue weighted by Gasteiger charge is -2.22. The van der Waals surface area contributed by atoms with Crippen molar-refractivity contribution in [3.8, 4) is 0 Å². The van der Waals surface area contributed by atoms with Crippen molar-refractivity contribution in [3.05, 3.63) is 64.2 Å². The molecule has 0 bridgehead atoms. The first-order chi connectivity index (χ1) is 14.8. The van der Waals surface area contributed by atoms with Gasteiger partial charge in [0.25, 0.3) is 5.91 Å². The summed E-state index contributed by atoms with van der Waals surface area (Å²) < 4.78 is 0. The zero-order chi connectivity index (χ0) is 22.4. The highest BCUT2D eigenvalue weighted by Crippen LogP contribution is 2.16. The Labute approximate surface area is 187 Å². The molecule has 31 heavy (non-hydrogen) atoms. The van der Waals surface area contributed by atoms with Crippen LogP contribution in [0.2, 0.25) is 5.02 Å². The van der Waals surface area contributed by atoms with Crippen LogP contribution in [0.1, 0.15) is 27.9 Å². The van der Waals surface area contributed by atoms with Crippen molar-refractivity contribution < 1.29 is 14.4 Å². The molecular weight excluding hydrogens is 416 g/mol. The van der Waals surface area contributed by atoms with Gasteiger partial charge >= 0.3 is 6.03 Å². The van der Waals surface area contributed by atoms with Crippen molar-refractivity contribution in [2.45, 2.75) is 20.3 Å². The van der Waals surface area contributed by atoms with E-state index in [1.165, 1.54) is 0 Å². The summed E-state index contributed by atoms with van der Waals surface area (Å²) in [5.41, 5.74) is 3.31. The Morgan fingerprint density at radius 1 is 0.935 bits per heavy atom. The smallest absolute Gasteiger partial charge is 0.321 e. The van der Waals surface area contributed by atoms with Crippen LogP contribution in [0.3, 0.4) is 0 Å². The van der Waals surface area contributed by atoms with Crippen molar-refractivity contribution in [2.24, 2.45) is 0 Å². The van der Waals surface area contributed by atoms with Gasteiger partial charge in [-0.25, -0.2) is 4.79 Å². The molecule has 3 rings (SSSR count). The van der Waals surface area contributed by atoms with Gasteiger partial charge < -0.3 is 20.4 Å². The summed E-state index contributed by atoms with van der Waals surface area (Å²) in [5.74, 6) is -0.428. The average Bonchev–Trinajstić information content (AvgIpc) is 3.00. The first-order valence-corrected chi connectivity index (χ1v) is 10.7.